The van der Waals surface area contributed by atoms with Crippen molar-refractivity contribution in [1.82, 2.24) is 0 Å². The van der Waals surface area contributed by atoms with Crippen LogP contribution in [0.2, 0.25) is 0 Å². The molecule has 6 nitrogen and oxygen atoms in total. The largest absolute Gasteiger partial charge is 0.478 e. The number of carbonyl (C=O) groups is 1. The molecule has 1 saturated heterocycles. The van der Waals surface area contributed by atoms with Gasteiger partial charge < -0.3 is 10.0 Å². The van der Waals surface area contributed by atoms with Crippen LogP contribution in [0.3, 0.4) is 0 Å². The second-order valence-electron chi connectivity index (χ2n) is 4.90. The number of nitrogens with zero attached hydrogens (tertiary/aromatic N) is 2. The van der Waals surface area contributed by atoms with Gasteiger partial charge in [0.05, 0.1) is 10.5 Å². The molecule has 1 aromatic rings. The molecule has 2 atom stereocenters. The van der Waals surface area contributed by atoms with E-state index >= 15 is 0 Å². The smallest absolute Gasteiger partial charge is 0.338 e. The van der Waals surface area contributed by atoms with Gasteiger partial charge in [0.2, 0.25) is 0 Å². The maximum absolute atomic E-state index is 11.3. The molecule has 1 aliphatic rings. The number of benzene rings is 1. The van der Waals surface area contributed by atoms with Gasteiger partial charge in [-0.15, -0.1) is 0 Å². The van der Waals surface area contributed by atoms with Gasteiger partial charge in [0, 0.05) is 29.7 Å². The van der Waals surface area contributed by atoms with Crippen molar-refractivity contribution >= 4 is 29.1 Å². The number of hydrogen-bond donors (Lipinski definition) is 1. The summed E-state index contributed by atoms with van der Waals surface area (Å²) in [6, 6.07) is 4.19. The van der Waals surface area contributed by atoms with Crippen LogP contribution >= 0.6 is 11.8 Å². The molecule has 0 saturated carbocycles. The zero-order valence-corrected chi connectivity index (χ0v) is 12.1. The van der Waals surface area contributed by atoms with E-state index in [1.807, 2.05) is 30.5 Å². The molecular weight excluding hydrogens is 280 g/mol. The van der Waals surface area contributed by atoms with Crippen LogP contribution < -0.4 is 4.90 Å². The Morgan fingerprint density at radius 1 is 1.40 bits per heavy atom. The normalized spacial score (nSPS) is 22.6. The molecule has 0 bridgehead atoms. The lowest BCUT2D eigenvalue weighted by Gasteiger charge is -2.36. The molecule has 7 heteroatoms. The molecule has 0 aromatic heterocycles. The fourth-order valence-corrected chi connectivity index (χ4v) is 3.87. The van der Waals surface area contributed by atoms with E-state index in [0.29, 0.717) is 23.6 Å². The Bertz CT molecular complexity index is 507. The van der Waals surface area contributed by atoms with E-state index in [9.17, 15) is 20.0 Å². The molecule has 1 aromatic carbocycles. The number of nitro groups is 1. The van der Waals surface area contributed by atoms with E-state index in [4.69, 9.17) is 0 Å². The van der Waals surface area contributed by atoms with Crippen LogP contribution in [0.4, 0.5) is 11.4 Å². The van der Waals surface area contributed by atoms with Gasteiger partial charge >= 0.3 is 5.97 Å². The van der Waals surface area contributed by atoms with E-state index < -0.39 is 10.9 Å². The predicted molar refractivity (Wildman–Crippen MR) is 78.8 cm³/mol. The van der Waals surface area contributed by atoms with Crippen LogP contribution in [0.25, 0.3) is 0 Å². The van der Waals surface area contributed by atoms with Crippen LogP contribution in [-0.2, 0) is 0 Å². The minimum atomic E-state index is -1.14. The molecule has 0 spiro atoms. The second kappa shape index (κ2) is 5.70. The Kier molecular flexibility index (Phi) is 4.17. The average molecular weight is 296 g/mol. The molecule has 108 valence electrons. The number of rotatable bonds is 3. The molecule has 1 aliphatic heterocycles. The highest BCUT2D eigenvalue weighted by Gasteiger charge is 2.31. The highest BCUT2D eigenvalue weighted by atomic mass is 32.2. The topological polar surface area (TPSA) is 83.7 Å². The first kappa shape index (κ1) is 14.6. The average Bonchev–Trinajstić information content (AvgIpc) is 2.36. The van der Waals surface area contributed by atoms with Gasteiger partial charge in [0.1, 0.15) is 5.69 Å². The number of hydrogen-bond acceptors (Lipinski definition) is 5. The molecule has 1 heterocycles. The first-order chi connectivity index (χ1) is 9.40. The van der Waals surface area contributed by atoms with E-state index in [-0.39, 0.29) is 16.9 Å². The van der Waals surface area contributed by atoms with Crippen molar-refractivity contribution in [3.63, 3.8) is 0 Å². The van der Waals surface area contributed by atoms with Crippen LogP contribution in [0, 0.1) is 10.1 Å². The first-order valence-electron chi connectivity index (χ1n) is 6.31. The third kappa shape index (κ3) is 2.87. The minimum Gasteiger partial charge on any atom is -0.478 e. The maximum atomic E-state index is 11.3. The number of nitro benzene ring substituents is 1. The Labute approximate surface area is 120 Å². The summed E-state index contributed by atoms with van der Waals surface area (Å²) in [4.78, 5) is 23.8. The lowest BCUT2D eigenvalue weighted by Crippen LogP contribution is -2.41. The van der Waals surface area contributed by atoms with Gasteiger partial charge in [-0.1, -0.05) is 19.9 Å². The van der Waals surface area contributed by atoms with Gasteiger partial charge in [-0.3, -0.25) is 10.1 Å². The fourth-order valence-electron chi connectivity index (χ4n) is 2.54. The summed E-state index contributed by atoms with van der Waals surface area (Å²) in [6.07, 6.45) is 0. The number of thioether (sulfide) groups is 1. The van der Waals surface area contributed by atoms with Crippen LogP contribution in [0.1, 0.15) is 24.2 Å². The SMILES string of the molecule is CC1CN(c2c(C(=O)O)cccc2[N+](=O)[O-])CC(C)S1. The van der Waals surface area contributed by atoms with Gasteiger partial charge in [-0.25, -0.2) is 4.79 Å². The van der Waals surface area contributed by atoms with E-state index in [1.165, 1.54) is 18.2 Å². The first-order valence-corrected chi connectivity index (χ1v) is 7.25. The molecule has 0 radical (unpaired) electrons. The Morgan fingerprint density at radius 2 is 2.00 bits per heavy atom. The van der Waals surface area contributed by atoms with Crippen molar-refractivity contribution in [3.05, 3.63) is 33.9 Å². The van der Waals surface area contributed by atoms with E-state index in [2.05, 4.69) is 0 Å². The number of aromatic carboxylic acids is 1. The van der Waals surface area contributed by atoms with E-state index in [0.717, 1.165) is 0 Å². The van der Waals surface area contributed by atoms with Gasteiger partial charge in [-0.2, -0.15) is 11.8 Å². The molecule has 1 N–H and O–H groups in total. The van der Waals surface area contributed by atoms with E-state index in [1.54, 1.807) is 0 Å². The fraction of sp³-hybridized carbons (Fsp3) is 0.462. The molecule has 0 amide bonds. The van der Waals surface area contributed by atoms with Crippen molar-refractivity contribution in [1.29, 1.82) is 0 Å². The third-order valence-electron chi connectivity index (χ3n) is 3.18. The van der Waals surface area contributed by atoms with Crippen molar-refractivity contribution in [2.45, 2.75) is 24.3 Å². The second-order valence-corrected chi connectivity index (χ2v) is 6.78. The highest BCUT2D eigenvalue weighted by Crippen LogP contribution is 2.36. The standard InChI is InChI=1S/C13H16N2O4S/c1-8-6-14(7-9(2)20-8)12-10(13(16)17)4-3-5-11(12)15(18)19/h3-5,8-9H,6-7H2,1-2H3,(H,16,17). The molecule has 2 rings (SSSR count). The molecule has 1 fully saturated rings. The summed E-state index contributed by atoms with van der Waals surface area (Å²) < 4.78 is 0. The highest BCUT2D eigenvalue weighted by molar-refractivity contribution is 8.00. The summed E-state index contributed by atoms with van der Waals surface area (Å²) in [5, 5.41) is 21.1. The summed E-state index contributed by atoms with van der Waals surface area (Å²) in [5.41, 5.74) is 0.0747. The van der Waals surface area contributed by atoms with Crippen molar-refractivity contribution in [2.75, 3.05) is 18.0 Å². The number of anilines is 1. The summed E-state index contributed by atoms with van der Waals surface area (Å²) in [7, 11) is 0. The molecule has 0 aliphatic carbocycles. The predicted octanol–water partition coefficient (Wildman–Crippen LogP) is 2.62. The van der Waals surface area contributed by atoms with Gasteiger partial charge in [-0.05, 0) is 6.07 Å². The summed E-state index contributed by atoms with van der Waals surface area (Å²) >= 11 is 1.81. The Balaban J connectivity index is 2.52. The van der Waals surface area contributed by atoms with Crippen molar-refractivity contribution < 1.29 is 14.8 Å². The lowest BCUT2D eigenvalue weighted by atomic mass is 10.1. The molecule has 20 heavy (non-hydrogen) atoms. The zero-order valence-electron chi connectivity index (χ0n) is 11.3. The summed E-state index contributed by atoms with van der Waals surface area (Å²) in [6.45, 7) is 5.31. The Morgan fingerprint density at radius 3 is 2.50 bits per heavy atom. The van der Waals surface area contributed by atoms with Crippen molar-refractivity contribution in [2.24, 2.45) is 0 Å². The zero-order chi connectivity index (χ0) is 14.9. The van der Waals surface area contributed by atoms with Crippen molar-refractivity contribution in [3.8, 4) is 0 Å². The lowest BCUT2D eigenvalue weighted by molar-refractivity contribution is -0.384. The Hall–Kier alpha value is -1.76. The maximum Gasteiger partial charge on any atom is 0.338 e. The van der Waals surface area contributed by atoms with Crippen LogP contribution in [0.5, 0.6) is 0 Å². The summed E-state index contributed by atoms with van der Waals surface area (Å²) in [5.74, 6) is -1.14. The van der Waals surface area contributed by atoms with Gasteiger partial charge in [0.15, 0.2) is 0 Å². The van der Waals surface area contributed by atoms with Crippen LogP contribution in [0.15, 0.2) is 18.2 Å². The number of para-hydroxylation sites is 1. The molecular formula is C13H16N2O4S. The van der Waals surface area contributed by atoms with Crippen LogP contribution in [-0.4, -0.2) is 39.6 Å². The minimum absolute atomic E-state index is 0.00880. The number of carboxylic acids is 1. The number of carboxylic acid groups (broad SMARTS) is 1. The monoisotopic (exact) mass is 296 g/mol. The van der Waals surface area contributed by atoms with Gasteiger partial charge in [0.25, 0.3) is 5.69 Å². The quantitative estimate of drug-likeness (QED) is 0.682. The third-order valence-corrected chi connectivity index (χ3v) is 4.41. The molecule has 2 unspecified atom stereocenters.